The highest BCUT2D eigenvalue weighted by Gasteiger charge is 2.25. The van der Waals surface area contributed by atoms with Crippen LogP contribution in [0.5, 0.6) is 0 Å². The minimum atomic E-state index is -4.30. The Hall–Kier alpha value is -1.44. The number of carboxylic acid groups (broad SMARTS) is 1. The van der Waals surface area contributed by atoms with Gasteiger partial charge in [-0.15, -0.1) is 0 Å². The summed E-state index contributed by atoms with van der Waals surface area (Å²) >= 11 is 0. The molecule has 1 rings (SSSR count). The third kappa shape index (κ3) is 3.66. The SMILES string of the molecule is NS(=O)(=O)OC(C(=O)O)c1ccccc1. The van der Waals surface area contributed by atoms with Crippen molar-refractivity contribution in [2.24, 2.45) is 5.14 Å². The summed E-state index contributed by atoms with van der Waals surface area (Å²) in [6.45, 7) is 0. The van der Waals surface area contributed by atoms with Gasteiger partial charge in [-0.3, -0.25) is 0 Å². The second-order valence-electron chi connectivity index (χ2n) is 2.72. The van der Waals surface area contributed by atoms with E-state index in [1.807, 2.05) is 0 Å². The zero-order chi connectivity index (χ0) is 11.5. The van der Waals surface area contributed by atoms with Gasteiger partial charge in [-0.1, -0.05) is 30.3 Å². The van der Waals surface area contributed by atoms with Crippen LogP contribution in [0.4, 0.5) is 0 Å². The molecule has 1 aromatic rings. The highest BCUT2D eigenvalue weighted by molar-refractivity contribution is 7.84. The summed E-state index contributed by atoms with van der Waals surface area (Å²) in [5.74, 6) is -1.42. The molecule has 15 heavy (non-hydrogen) atoms. The topological polar surface area (TPSA) is 107 Å². The first kappa shape index (κ1) is 11.6. The van der Waals surface area contributed by atoms with Crippen molar-refractivity contribution in [3.8, 4) is 0 Å². The van der Waals surface area contributed by atoms with Crippen molar-refractivity contribution in [1.82, 2.24) is 0 Å². The summed E-state index contributed by atoms with van der Waals surface area (Å²) in [7, 11) is -4.30. The van der Waals surface area contributed by atoms with Crippen molar-refractivity contribution >= 4 is 16.3 Å². The van der Waals surface area contributed by atoms with Crippen molar-refractivity contribution in [1.29, 1.82) is 0 Å². The molecule has 0 fully saturated rings. The maximum absolute atomic E-state index is 10.7. The molecule has 7 heteroatoms. The van der Waals surface area contributed by atoms with Crippen molar-refractivity contribution < 1.29 is 22.5 Å². The number of aliphatic carboxylic acids is 1. The maximum atomic E-state index is 10.7. The molecule has 0 radical (unpaired) electrons. The third-order valence-corrected chi connectivity index (χ3v) is 2.02. The molecule has 0 bridgehead atoms. The molecule has 0 saturated heterocycles. The molecule has 1 aromatic carbocycles. The molecule has 1 unspecified atom stereocenters. The van der Waals surface area contributed by atoms with E-state index in [1.54, 1.807) is 18.2 Å². The van der Waals surface area contributed by atoms with E-state index in [4.69, 9.17) is 5.11 Å². The first-order valence-corrected chi connectivity index (χ1v) is 5.36. The molecule has 6 nitrogen and oxygen atoms in total. The summed E-state index contributed by atoms with van der Waals surface area (Å²) in [4.78, 5) is 10.7. The number of hydrogen-bond acceptors (Lipinski definition) is 4. The molecule has 82 valence electrons. The lowest BCUT2D eigenvalue weighted by molar-refractivity contribution is -0.145. The van der Waals surface area contributed by atoms with Crippen LogP contribution in [0.1, 0.15) is 11.7 Å². The van der Waals surface area contributed by atoms with Gasteiger partial charge in [0.25, 0.3) is 0 Å². The van der Waals surface area contributed by atoms with Crippen LogP contribution in [0, 0.1) is 0 Å². The molecule has 0 aliphatic carbocycles. The Labute approximate surface area is 86.5 Å². The van der Waals surface area contributed by atoms with E-state index in [9.17, 15) is 13.2 Å². The Morgan fingerprint density at radius 3 is 2.27 bits per heavy atom. The van der Waals surface area contributed by atoms with Gasteiger partial charge in [0.05, 0.1) is 0 Å². The lowest BCUT2D eigenvalue weighted by Crippen LogP contribution is -2.24. The van der Waals surface area contributed by atoms with Crippen LogP contribution in [-0.2, 0) is 19.3 Å². The van der Waals surface area contributed by atoms with Crippen LogP contribution in [0.15, 0.2) is 30.3 Å². The first-order valence-electron chi connectivity index (χ1n) is 3.89. The van der Waals surface area contributed by atoms with Crippen LogP contribution in [0.25, 0.3) is 0 Å². The van der Waals surface area contributed by atoms with Gasteiger partial charge in [-0.2, -0.15) is 8.42 Å². The molecular formula is C8H9NO5S. The molecule has 0 saturated carbocycles. The lowest BCUT2D eigenvalue weighted by Gasteiger charge is -2.11. The first-order chi connectivity index (χ1) is 6.90. The monoisotopic (exact) mass is 231 g/mol. The second-order valence-corrected chi connectivity index (χ2v) is 3.90. The quantitative estimate of drug-likeness (QED) is 0.760. The van der Waals surface area contributed by atoms with E-state index in [0.717, 1.165) is 0 Å². The van der Waals surface area contributed by atoms with Crippen LogP contribution in [0.3, 0.4) is 0 Å². The fraction of sp³-hybridized carbons (Fsp3) is 0.125. The van der Waals surface area contributed by atoms with Crippen LogP contribution in [-0.4, -0.2) is 19.5 Å². The predicted molar refractivity (Wildman–Crippen MR) is 51.0 cm³/mol. The standard InChI is InChI=1S/C8H9NO5S/c9-15(12,13)14-7(8(10)11)6-4-2-1-3-5-6/h1-5,7H,(H,10,11)(H2,9,12,13). The van der Waals surface area contributed by atoms with Gasteiger partial charge in [-0.25, -0.2) is 14.1 Å². The van der Waals surface area contributed by atoms with E-state index < -0.39 is 22.4 Å². The largest absolute Gasteiger partial charge is 0.479 e. The normalized spacial score (nSPS) is 13.4. The second kappa shape index (κ2) is 4.39. The summed E-state index contributed by atoms with van der Waals surface area (Å²) in [5, 5.41) is 13.3. The van der Waals surface area contributed by atoms with Gasteiger partial charge in [0.1, 0.15) is 0 Å². The Morgan fingerprint density at radius 2 is 1.87 bits per heavy atom. The molecule has 0 heterocycles. The lowest BCUT2D eigenvalue weighted by atomic mass is 10.1. The number of rotatable bonds is 4. The highest BCUT2D eigenvalue weighted by atomic mass is 32.2. The van der Waals surface area contributed by atoms with Crippen molar-refractivity contribution in [2.45, 2.75) is 6.10 Å². The Morgan fingerprint density at radius 1 is 1.33 bits per heavy atom. The van der Waals surface area contributed by atoms with Crippen LogP contribution in [0.2, 0.25) is 0 Å². The van der Waals surface area contributed by atoms with E-state index >= 15 is 0 Å². The number of carbonyl (C=O) groups is 1. The zero-order valence-corrected chi connectivity index (χ0v) is 8.35. The predicted octanol–water partition coefficient (Wildman–Crippen LogP) is 0.0324. The summed E-state index contributed by atoms with van der Waals surface area (Å²) in [6, 6.07) is 7.67. The molecular weight excluding hydrogens is 222 g/mol. The fourth-order valence-electron chi connectivity index (χ4n) is 1.00. The van der Waals surface area contributed by atoms with Gasteiger partial charge in [-0.05, 0) is 5.56 Å². The minimum Gasteiger partial charge on any atom is -0.479 e. The van der Waals surface area contributed by atoms with Crippen LogP contribution < -0.4 is 5.14 Å². The Bertz CT molecular complexity index is 441. The molecule has 3 N–H and O–H groups in total. The highest BCUT2D eigenvalue weighted by Crippen LogP contribution is 2.18. The molecule has 0 amide bonds. The molecule has 0 aliphatic rings. The summed E-state index contributed by atoms with van der Waals surface area (Å²) < 4.78 is 25.5. The van der Waals surface area contributed by atoms with Gasteiger partial charge >= 0.3 is 16.3 Å². The number of carboxylic acids is 1. The third-order valence-electron chi connectivity index (χ3n) is 1.56. The summed E-state index contributed by atoms with van der Waals surface area (Å²) in [5.41, 5.74) is 0.207. The Balaban J connectivity index is 3.00. The molecule has 1 atom stereocenters. The Kier molecular flexibility index (Phi) is 3.40. The van der Waals surface area contributed by atoms with Crippen molar-refractivity contribution in [3.63, 3.8) is 0 Å². The van der Waals surface area contributed by atoms with E-state index in [0.29, 0.717) is 0 Å². The van der Waals surface area contributed by atoms with Gasteiger partial charge < -0.3 is 5.11 Å². The smallest absolute Gasteiger partial charge is 0.339 e. The summed E-state index contributed by atoms with van der Waals surface area (Å²) in [6.07, 6.45) is -1.61. The number of nitrogens with two attached hydrogens (primary N) is 1. The van der Waals surface area contributed by atoms with Crippen molar-refractivity contribution in [3.05, 3.63) is 35.9 Å². The number of benzene rings is 1. The zero-order valence-electron chi connectivity index (χ0n) is 7.53. The van der Waals surface area contributed by atoms with E-state index in [2.05, 4.69) is 9.32 Å². The fourth-order valence-corrected chi connectivity index (χ4v) is 1.46. The molecule has 0 aliphatic heterocycles. The van der Waals surface area contributed by atoms with E-state index in [1.165, 1.54) is 12.1 Å². The maximum Gasteiger partial charge on any atom is 0.339 e. The van der Waals surface area contributed by atoms with Gasteiger partial charge in [0.15, 0.2) is 0 Å². The van der Waals surface area contributed by atoms with Gasteiger partial charge in [0.2, 0.25) is 6.10 Å². The molecule has 0 spiro atoms. The minimum absolute atomic E-state index is 0.207. The van der Waals surface area contributed by atoms with E-state index in [-0.39, 0.29) is 5.56 Å². The van der Waals surface area contributed by atoms with Gasteiger partial charge in [0, 0.05) is 0 Å². The van der Waals surface area contributed by atoms with Crippen molar-refractivity contribution in [2.75, 3.05) is 0 Å². The number of hydrogen-bond donors (Lipinski definition) is 2. The van der Waals surface area contributed by atoms with Crippen LogP contribution >= 0.6 is 0 Å². The average Bonchev–Trinajstić information content (AvgIpc) is 2.14. The molecule has 0 aromatic heterocycles. The average molecular weight is 231 g/mol.